The number of aromatic nitrogens is 3. The first kappa shape index (κ1) is 9.29. The van der Waals surface area contributed by atoms with Crippen LogP contribution in [0, 0.1) is 6.92 Å². The number of hydrogen-bond acceptors (Lipinski definition) is 6. The Bertz CT molecular complexity index is 597. The van der Waals surface area contributed by atoms with Crippen LogP contribution in [0.4, 0.5) is 0 Å². The fraction of sp³-hybridized carbons (Fsp3) is 0.100. The highest BCUT2D eigenvalue weighted by Gasteiger charge is 2.11. The first-order valence-electron chi connectivity index (χ1n) is 4.64. The lowest BCUT2D eigenvalue weighted by molar-refractivity contribution is 0.394. The summed E-state index contributed by atoms with van der Waals surface area (Å²) in [6.07, 6.45) is 1.62. The molecule has 0 bridgehead atoms. The molecule has 80 valence electrons. The van der Waals surface area contributed by atoms with Gasteiger partial charge in [-0.15, -0.1) is 11.3 Å². The molecule has 0 unspecified atom stereocenters. The Balaban J connectivity index is 2.00. The van der Waals surface area contributed by atoms with E-state index in [0.717, 1.165) is 15.5 Å². The van der Waals surface area contributed by atoms with Crippen molar-refractivity contribution in [2.24, 2.45) is 0 Å². The van der Waals surface area contributed by atoms with Gasteiger partial charge in [-0.05, 0) is 12.1 Å². The molecule has 6 heteroatoms. The van der Waals surface area contributed by atoms with Crippen molar-refractivity contribution in [2.75, 3.05) is 0 Å². The standard InChI is InChI=1S/C10H7N3O2S/c1-6-12-10(13-14-6)9-3-2-8(16-9)7-4-5-11-15-7/h2-5H,1H3. The molecule has 3 heterocycles. The lowest BCUT2D eigenvalue weighted by Gasteiger charge is -1.85. The highest BCUT2D eigenvalue weighted by Crippen LogP contribution is 2.32. The second-order valence-electron chi connectivity index (χ2n) is 3.18. The highest BCUT2D eigenvalue weighted by atomic mass is 32.1. The van der Waals surface area contributed by atoms with Gasteiger partial charge < -0.3 is 9.05 Å². The van der Waals surface area contributed by atoms with E-state index in [1.165, 1.54) is 11.3 Å². The van der Waals surface area contributed by atoms with Crippen molar-refractivity contribution in [2.45, 2.75) is 6.92 Å². The molecule has 3 aromatic rings. The van der Waals surface area contributed by atoms with Crippen LogP contribution >= 0.6 is 11.3 Å². The molecule has 3 aromatic heterocycles. The zero-order chi connectivity index (χ0) is 11.0. The van der Waals surface area contributed by atoms with E-state index in [9.17, 15) is 0 Å². The Morgan fingerprint density at radius 3 is 2.69 bits per heavy atom. The summed E-state index contributed by atoms with van der Waals surface area (Å²) in [6, 6.07) is 5.70. The molecule has 5 nitrogen and oxygen atoms in total. The molecule has 0 aliphatic heterocycles. The van der Waals surface area contributed by atoms with Crippen LogP contribution in [0.1, 0.15) is 5.89 Å². The quantitative estimate of drug-likeness (QED) is 0.680. The summed E-state index contributed by atoms with van der Waals surface area (Å²) in [5.41, 5.74) is 0. The average Bonchev–Trinajstić information content (AvgIpc) is 2.97. The summed E-state index contributed by atoms with van der Waals surface area (Å²) in [7, 11) is 0. The Morgan fingerprint density at radius 1 is 1.12 bits per heavy atom. The molecule has 0 aromatic carbocycles. The molecule has 16 heavy (non-hydrogen) atoms. The Hall–Kier alpha value is -1.95. The summed E-state index contributed by atoms with van der Waals surface area (Å²) >= 11 is 1.54. The van der Waals surface area contributed by atoms with Crippen LogP contribution in [0.3, 0.4) is 0 Å². The lowest BCUT2D eigenvalue weighted by Crippen LogP contribution is -1.73. The van der Waals surface area contributed by atoms with E-state index in [4.69, 9.17) is 9.05 Å². The largest absolute Gasteiger partial charge is 0.355 e. The van der Waals surface area contributed by atoms with Gasteiger partial charge in [-0.3, -0.25) is 0 Å². The van der Waals surface area contributed by atoms with Crippen LogP contribution in [-0.4, -0.2) is 15.3 Å². The van der Waals surface area contributed by atoms with Crippen LogP contribution in [0.25, 0.3) is 21.3 Å². The van der Waals surface area contributed by atoms with Crippen molar-refractivity contribution in [1.82, 2.24) is 15.3 Å². The topological polar surface area (TPSA) is 65.0 Å². The summed E-state index contributed by atoms with van der Waals surface area (Å²) in [6.45, 7) is 1.77. The summed E-state index contributed by atoms with van der Waals surface area (Å²) in [5.74, 6) is 1.91. The molecule has 3 rings (SSSR count). The van der Waals surface area contributed by atoms with E-state index < -0.39 is 0 Å². The molecule has 0 spiro atoms. The third kappa shape index (κ3) is 1.53. The van der Waals surface area contributed by atoms with Gasteiger partial charge in [0.2, 0.25) is 11.7 Å². The average molecular weight is 233 g/mol. The molecule has 0 radical (unpaired) electrons. The first-order chi connectivity index (χ1) is 7.83. The van der Waals surface area contributed by atoms with E-state index in [-0.39, 0.29) is 0 Å². The van der Waals surface area contributed by atoms with Gasteiger partial charge in [0.1, 0.15) is 0 Å². The number of hydrogen-bond donors (Lipinski definition) is 0. The molecule has 0 amide bonds. The highest BCUT2D eigenvalue weighted by molar-refractivity contribution is 7.18. The maximum atomic E-state index is 5.07. The maximum absolute atomic E-state index is 5.07. The van der Waals surface area contributed by atoms with E-state index >= 15 is 0 Å². The molecular formula is C10H7N3O2S. The van der Waals surface area contributed by atoms with E-state index in [1.807, 2.05) is 18.2 Å². The van der Waals surface area contributed by atoms with Gasteiger partial charge in [-0.25, -0.2) is 0 Å². The van der Waals surface area contributed by atoms with Crippen molar-refractivity contribution in [3.05, 3.63) is 30.3 Å². The van der Waals surface area contributed by atoms with E-state index in [2.05, 4.69) is 15.3 Å². The van der Waals surface area contributed by atoms with Crippen LogP contribution in [-0.2, 0) is 0 Å². The zero-order valence-electron chi connectivity index (χ0n) is 8.38. The minimum atomic E-state index is 0.560. The molecule has 0 atom stereocenters. The van der Waals surface area contributed by atoms with Crippen molar-refractivity contribution < 1.29 is 9.05 Å². The number of aryl methyl sites for hydroxylation is 1. The number of thiophene rings is 1. The summed E-state index contributed by atoms with van der Waals surface area (Å²) in [5, 5.41) is 7.53. The smallest absolute Gasteiger partial charge is 0.223 e. The van der Waals surface area contributed by atoms with Gasteiger partial charge in [0.05, 0.1) is 16.0 Å². The molecule has 0 N–H and O–H groups in total. The fourth-order valence-electron chi connectivity index (χ4n) is 1.33. The molecule has 0 aliphatic rings. The predicted octanol–water partition coefficient (Wildman–Crippen LogP) is 2.76. The van der Waals surface area contributed by atoms with Crippen molar-refractivity contribution in [1.29, 1.82) is 0 Å². The predicted molar refractivity (Wildman–Crippen MR) is 57.8 cm³/mol. The lowest BCUT2D eigenvalue weighted by atomic mass is 10.3. The van der Waals surface area contributed by atoms with Crippen molar-refractivity contribution >= 4 is 11.3 Å². The summed E-state index contributed by atoms with van der Waals surface area (Å²) in [4.78, 5) is 6.10. The van der Waals surface area contributed by atoms with Crippen LogP contribution < -0.4 is 0 Å². The number of nitrogens with zero attached hydrogens (tertiary/aromatic N) is 3. The normalized spacial score (nSPS) is 10.8. The maximum Gasteiger partial charge on any atom is 0.223 e. The van der Waals surface area contributed by atoms with Gasteiger partial charge in [0, 0.05) is 13.0 Å². The SMILES string of the molecule is Cc1nc(-c2ccc(-c3ccno3)s2)no1. The second-order valence-corrected chi connectivity index (χ2v) is 4.26. The van der Waals surface area contributed by atoms with Gasteiger partial charge in [-0.1, -0.05) is 10.3 Å². The first-order valence-corrected chi connectivity index (χ1v) is 5.46. The Morgan fingerprint density at radius 2 is 2.00 bits per heavy atom. The minimum Gasteiger partial charge on any atom is -0.355 e. The number of rotatable bonds is 2. The van der Waals surface area contributed by atoms with Gasteiger partial charge in [-0.2, -0.15) is 4.98 Å². The molecule has 0 fully saturated rings. The Kier molecular flexibility index (Phi) is 2.07. The van der Waals surface area contributed by atoms with Gasteiger partial charge in [0.15, 0.2) is 5.76 Å². The van der Waals surface area contributed by atoms with Gasteiger partial charge in [0.25, 0.3) is 0 Å². The molecular weight excluding hydrogens is 226 g/mol. The second kappa shape index (κ2) is 3.57. The Labute approximate surface area is 94.7 Å². The van der Waals surface area contributed by atoms with E-state index in [0.29, 0.717) is 11.7 Å². The third-order valence-electron chi connectivity index (χ3n) is 2.03. The monoisotopic (exact) mass is 233 g/mol. The van der Waals surface area contributed by atoms with Gasteiger partial charge >= 0.3 is 0 Å². The van der Waals surface area contributed by atoms with Crippen LogP contribution in [0.15, 0.2) is 33.4 Å². The van der Waals surface area contributed by atoms with Crippen LogP contribution in [0.2, 0.25) is 0 Å². The molecule has 0 aliphatic carbocycles. The molecule has 0 saturated carbocycles. The van der Waals surface area contributed by atoms with Crippen molar-refractivity contribution in [3.63, 3.8) is 0 Å². The van der Waals surface area contributed by atoms with Crippen LogP contribution in [0.5, 0.6) is 0 Å². The fourth-order valence-corrected chi connectivity index (χ4v) is 2.22. The van der Waals surface area contributed by atoms with Crippen molar-refractivity contribution in [3.8, 4) is 21.3 Å². The summed E-state index contributed by atoms with van der Waals surface area (Å²) < 4.78 is 10.00. The zero-order valence-corrected chi connectivity index (χ0v) is 9.19. The minimum absolute atomic E-state index is 0.560. The molecule has 0 saturated heterocycles. The van der Waals surface area contributed by atoms with E-state index in [1.54, 1.807) is 13.1 Å². The third-order valence-corrected chi connectivity index (χ3v) is 3.13.